The first-order valence-corrected chi connectivity index (χ1v) is 9.91. The zero-order valence-corrected chi connectivity index (χ0v) is 14.8. The van der Waals surface area contributed by atoms with Crippen molar-refractivity contribution in [2.75, 3.05) is 18.8 Å². The molecule has 0 saturated heterocycles. The molecule has 1 aromatic heterocycles. The smallest absolute Gasteiger partial charge is 0.156 e. The van der Waals surface area contributed by atoms with Crippen molar-refractivity contribution in [1.82, 2.24) is 5.32 Å². The van der Waals surface area contributed by atoms with Crippen molar-refractivity contribution in [1.29, 1.82) is 0 Å². The van der Waals surface area contributed by atoms with Crippen LogP contribution in [-0.4, -0.2) is 24.0 Å². The van der Waals surface area contributed by atoms with E-state index in [1.54, 1.807) is 0 Å². The van der Waals surface area contributed by atoms with E-state index >= 15 is 0 Å². The molecule has 2 nitrogen and oxygen atoms in total. The summed E-state index contributed by atoms with van der Waals surface area (Å²) < 4.78 is 0. The Labute approximate surface area is 136 Å². The summed E-state index contributed by atoms with van der Waals surface area (Å²) in [4.78, 5) is 6.31. The topological polar surface area (TPSA) is 24.4 Å². The summed E-state index contributed by atoms with van der Waals surface area (Å²) in [5.41, 5.74) is 0.703. The lowest BCUT2D eigenvalue weighted by Gasteiger charge is -2.38. The number of thioether (sulfide) groups is 1. The summed E-state index contributed by atoms with van der Waals surface area (Å²) in [7, 11) is 0. The highest BCUT2D eigenvalue weighted by atomic mass is 32.2. The van der Waals surface area contributed by atoms with Crippen LogP contribution in [0.15, 0.2) is 22.5 Å². The van der Waals surface area contributed by atoms with Gasteiger partial charge in [-0.05, 0) is 29.7 Å². The lowest BCUT2D eigenvalue weighted by molar-refractivity contribution is 0.232. The number of hydrogen-bond acceptors (Lipinski definition) is 4. The van der Waals surface area contributed by atoms with E-state index in [0.29, 0.717) is 5.41 Å². The molecule has 4 heteroatoms. The summed E-state index contributed by atoms with van der Waals surface area (Å²) in [5, 5.41) is 6.92. The van der Waals surface area contributed by atoms with Crippen molar-refractivity contribution in [2.45, 2.75) is 51.4 Å². The number of amidine groups is 1. The van der Waals surface area contributed by atoms with Crippen LogP contribution in [0.2, 0.25) is 0 Å². The number of rotatable bonds is 3. The van der Waals surface area contributed by atoms with Gasteiger partial charge in [-0.1, -0.05) is 50.9 Å². The summed E-state index contributed by atoms with van der Waals surface area (Å²) >= 11 is 3.80. The molecule has 3 rings (SSSR count). The fourth-order valence-corrected chi connectivity index (χ4v) is 5.32. The molecule has 1 aliphatic heterocycles. The van der Waals surface area contributed by atoms with E-state index < -0.39 is 0 Å². The minimum Gasteiger partial charge on any atom is -0.364 e. The predicted molar refractivity (Wildman–Crippen MR) is 95.6 cm³/mol. The molecule has 2 heterocycles. The standard InChI is InChI=1S/C17H26N2S2/c1-16(2,14-7-6-10-20-14)11-18-15-19-12-17(13-21-15)8-4-3-5-9-17/h6-7,10H,3-5,8-9,11-13H2,1-2H3,(H,18,19). The third-order valence-electron chi connectivity index (χ3n) is 4.86. The van der Waals surface area contributed by atoms with Crippen LogP contribution in [0.25, 0.3) is 0 Å². The maximum atomic E-state index is 4.86. The molecule has 1 saturated carbocycles. The second kappa shape index (κ2) is 6.33. The lowest BCUT2D eigenvalue weighted by Crippen LogP contribution is -2.40. The highest BCUT2D eigenvalue weighted by Gasteiger charge is 2.35. The largest absolute Gasteiger partial charge is 0.364 e. The molecule has 0 radical (unpaired) electrons. The Morgan fingerprint density at radius 3 is 2.71 bits per heavy atom. The molecular formula is C17H26N2S2. The van der Waals surface area contributed by atoms with Gasteiger partial charge >= 0.3 is 0 Å². The van der Waals surface area contributed by atoms with E-state index in [4.69, 9.17) is 4.99 Å². The molecule has 21 heavy (non-hydrogen) atoms. The van der Waals surface area contributed by atoms with Crippen LogP contribution < -0.4 is 5.32 Å². The normalized spacial score (nSPS) is 22.1. The van der Waals surface area contributed by atoms with E-state index in [1.165, 1.54) is 42.7 Å². The third kappa shape index (κ3) is 3.65. The Kier molecular flexibility index (Phi) is 4.65. The van der Waals surface area contributed by atoms with Crippen LogP contribution in [0.4, 0.5) is 0 Å². The van der Waals surface area contributed by atoms with Gasteiger partial charge in [-0.2, -0.15) is 0 Å². The molecule has 0 unspecified atom stereocenters. The molecule has 2 aliphatic rings. The quantitative estimate of drug-likeness (QED) is 0.874. The number of nitrogens with one attached hydrogen (secondary N) is 1. The van der Waals surface area contributed by atoms with Gasteiger partial charge in [-0.15, -0.1) is 11.3 Å². The van der Waals surface area contributed by atoms with E-state index in [1.807, 2.05) is 23.1 Å². The first-order valence-electron chi connectivity index (χ1n) is 8.05. The van der Waals surface area contributed by atoms with E-state index in [0.717, 1.165) is 18.3 Å². The van der Waals surface area contributed by atoms with Gasteiger partial charge in [0.15, 0.2) is 5.17 Å². The maximum absolute atomic E-state index is 4.86. The number of aliphatic imine (C=N–C) groups is 1. The molecule has 1 N–H and O–H groups in total. The van der Waals surface area contributed by atoms with Crippen LogP contribution in [0.1, 0.15) is 50.8 Å². The van der Waals surface area contributed by atoms with E-state index in [9.17, 15) is 0 Å². The fourth-order valence-electron chi connectivity index (χ4n) is 3.31. The lowest BCUT2D eigenvalue weighted by atomic mass is 9.75. The monoisotopic (exact) mass is 322 g/mol. The Hall–Kier alpha value is -0.480. The minimum atomic E-state index is 0.178. The van der Waals surface area contributed by atoms with Gasteiger partial charge in [0.05, 0.1) is 0 Å². The third-order valence-corrected chi connectivity index (χ3v) is 7.40. The van der Waals surface area contributed by atoms with E-state index in [-0.39, 0.29) is 5.41 Å². The van der Waals surface area contributed by atoms with Crippen molar-refractivity contribution in [3.05, 3.63) is 22.4 Å². The minimum absolute atomic E-state index is 0.178. The van der Waals surface area contributed by atoms with Crippen LogP contribution in [-0.2, 0) is 5.41 Å². The molecule has 0 bridgehead atoms. The molecule has 116 valence electrons. The van der Waals surface area contributed by atoms with Crippen LogP contribution in [0, 0.1) is 5.41 Å². The highest BCUT2D eigenvalue weighted by molar-refractivity contribution is 8.13. The van der Waals surface area contributed by atoms with Gasteiger partial charge in [-0.3, -0.25) is 4.99 Å². The van der Waals surface area contributed by atoms with Gasteiger partial charge in [0.2, 0.25) is 0 Å². The fraction of sp³-hybridized carbons (Fsp3) is 0.706. The summed E-state index contributed by atoms with van der Waals surface area (Å²) in [6.07, 6.45) is 7.01. The van der Waals surface area contributed by atoms with Gasteiger partial charge in [0.25, 0.3) is 0 Å². The molecule has 0 aromatic carbocycles. The first-order chi connectivity index (χ1) is 10.1. The second-order valence-electron chi connectivity index (χ2n) is 7.19. The summed E-state index contributed by atoms with van der Waals surface area (Å²) in [6, 6.07) is 4.38. The van der Waals surface area contributed by atoms with Crippen LogP contribution >= 0.6 is 23.1 Å². The second-order valence-corrected chi connectivity index (χ2v) is 9.10. The SMILES string of the molecule is CC(C)(CNC1=NCC2(CCCCC2)CS1)c1cccs1. The Morgan fingerprint density at radius 1 is 1.29 bits per heavy atom. The zero-order valence-electron chi connectivity index (χ0n) is 13.2. The van der Waals surface area contributed by atoms with Gasteiger partial charge in [0, 0.05) is 29.1 Å². The average Bonchev–Trinajstić information content (AvgIpc) is 3.03. The summed E-state index contributed by atoms with van der Waals surface area (Å²) in [5.74, 6) is 1.26. The molecular weight excluding hydrogens is 296 g/mol. The Balaban J connectivity index is 1.55. The van der Waals surface area contributed by atoms with E-state index in [2.05, 4.69) is 36.7 Å². The van der Waals surface area contributed by atoms with Crippen molar-refractivity contribution in [3.63, 3.8) is 0 Å². The Bertz CT molecular complexity index is 485. The van der Waals surface area contributed by atoms with Crippen molar-refractivity contribution >= 4 is 28.3 Å². The van der Waals surface area contributed by atoms with Crippen molar-refractivity contribution in [2.24, 2.45) is 10.4 Å². The number of hydrogen-bond donors (Lipinski definition) is 1. The van der Waals surface area contributed by atoms with Gasteiger partial charge < -0.3 is 5.32 Å². The molecule has 0 amide bonds. The molecule has 1 aliphatic carbocycles. The van der Waals surface area contributed by atoms with Gasteiger partial charge in [-0.25, -0.2) is 0 Å². The number of thiophene rings is 1. The molecule has 0 atom stereocenters. The molecule has 1 fully saturated rings. The van der Waals surface area contributed by atoms with Crippen LogP contribution in [0.3, 0.4) is 0 Å². The average molecular weight is 323 g/mol. The Morgan fingerprint density at radius 2 is 2.10 bits per heavy atom. The van der Waals surface area contributed by atoms with Crippen molar-refractivity contribution in [3.8, 4) is 0 Å². The maximum Gasteiger partial charge on any atom is 0.156 e. The highest BCUT2D eigenvalue weighted by Crippen LogP contribution is 2.41. The zero-order chi connectivity index (χ0) is 14.8. The molecule has 1 spiro atoms. The van der Waals surface area contributed by atoms with Crippen LogP contribution in [0.5, 0.6) is 0 Å². The number of nitrogens with zero attached hydrogens (tertiary/aromatic N) is 1. The van der Waals surface area contributed by atoms with Gasteiger partial charge in [0.1, 0.15) is 0 Å². The first kappa shape index (κ1) is 15.4. The molecule has 1 aromatic rings. The van der Waals surface area contributed by atoms with Crippen molar-refractivity contribution < 1.29 is 0 Å². The predicted octanol–water partition coefficient (Wildman–Crippen LogP) is 4.67. The summed E-state index contributed by atoms with van der Waals surface area (Å²) in [6.45, 7) is 6.62.